The van der Waals surface area contributed by atoms with Gasteiger partial charge in [0.15, 0.2) is 0 Å². The second kappa shape index (κ2) is 5.53. The highest BCUT2D eigenvalue weighted by Gasteiger charge is 2.24. The maximum Gasteiger partial charge on any atom is 0.255 e. The number of carbonyl (C=O) groups is 1. The van der Waals surface area contributed by atoms with E-state index in [0.29, 0.717) is 4.83 Å². The molecule has 4 heteroatoms. The van der Waals surface area contributed by atoms with Gasteiger partial charge in [-0.05, 0) is 47.3 Å². The van der Waals surface area contributed by atoms with Crippen molar-refractivity contribution in [2.24, 2.45) is 0 Å². The van der Waals surface area contributed by atoms with Gasteiger partial charge in [-0.25, -0.2) is 0 Å². The number of hydrogen-bond acceptors (Lipinski definition) is 1. The van der Waals surface area contributed by atoms with Crippen molar-refractivity contribution in [1.82, 2.24) is 4.90 Å². The normalized spacial score (nSPS) is 20.4. The van der Waals surface area contributed by atoms with E-state index in [2.05, 4.69) is 31.9 Å². The van der Waals surface area contributed by atoms with Gasteiger partial charge in [-0.3, -0.25) is 4.79 Å². The number of hydrogen-bond donors (Lipinski definition) is 0. The van der Waals surface area contributed by atoms with Crippen molar-refractivity contribution in [2.45, 2.75) is 24.6 Å². The highest BCUT2D eigenvalue weighted by Crippen LogP contribution is 2.25. The van der Waals surface area contributed by atoms with Crippen molar-refractivity contribution >= 4 is 37.8 Å². The van der Waals surface area contributed by atoms with E-state index in [1.165, 1.54) is 0 Å². The van der Waals surface area contributed by atoms with Crippen molar-refractivity contribution in [3.05, 3.63) is 33.8 Å². The van der Waals surface area contributed by atoms with E-state index in [1.807, 2.05) is 30.0 Å². The first-order valence-electron chi connectivity index (χ1n) is 5.78. The highest BCUT2D eigenvalue weighted by atomic mass is 79.9. The summed E-state index contributed by atoms with van der Waals surface area (Å²) in [5.74, 6) is 0.129. The summed E-state index contributed by atoms with van der Waals surface area (Å²) in [4.78, 5) is 14.8. The van der Waals surface area contributed by atoms with Crippen LogP contribution < -0.4 is 0 Å². The van der Waals surface area contributed by atoms with Crippen LogP contribution in [0.4, 0.5) is 0 Å². The molecule has 0 saturated carbocycles. The molecule has 1 unspecified atom stereocenters. The summed E-state index contributed by atoms with van der Waals surface area (Å²) in [6, 6.07) is 5.82. The first kappa shape index (κ1) is 13.1. The van der Waals surface area contributed by atoms with Gasteiger partial charge in [-0.1, -0.05) is 28.1 Å². The quantitative estimate of drug-likeness (QED) is 0.698. The zero-order valence-corrected chi connectivity index (χ0v) is 12.9. The van der Waals surface area contributed by atoms with Gasteiger partial charge >= 0.3 is 0 Å². The molecule has 0 radical (unpaired) electrons. The third kappa shape index (κ3) is 2.91. The van der Waals surface area contributed by atoms with E-state index in [9.17, 15) is 4.79 Å². The summed E-state index contributed by atoms with van der Waals surface area (Å²) < 4.78 is 0.918. The summed E-state index contributed by atoms with van der Waals surface area (Å²) >= 11 is 7.10. The Bertz CT molecular complexity index is 433. The van der Waals surface area contributed by atoms with Crippen LogP contribution in [0.1, 0.15) is 28.8 Å². The lowest BCUT2D eigenvalue weighted by molar-refractivity contribution is 0.0729. The molecule has 0 spiro atoms. The molecule has 1 aliphatic heterocycles. The largest absolute Gasteiger partial charge is 0.337 e. The molecule has 0 aromatic heterocycles. The van der Waals surface area contributed by atoms with Crippen LogP contribution in [-0.4, -0.2) is 28.7 Å². The Morgan fingerprint density at radius 1 is 1.47 bits per heavy atom. The van der Waals surface area contributed by atoms with Gasteiger partial charge in [-0.2, -0.15) is 0 Å². The van der Waals surface area contributed by atoms with E-state index in [-0.39, 0.29) is 5.91 Å². The number of likely N-dealkylation sites (tertiary alicyclic amines) is 1. The molecule has 1 amide bonds. The third-order valence-corrected chi connectivity index (χ3v) is 4.87. The Labute approximate surface area is 119 Å². The third-order valence-electron chi connectivity index (χ3n) is 3.07. The molecule has 1 aliphatic rings. The lowest BCUT2D eigenvalue weighted by Crippen LogP contribution is -2.40. The molecule has 0 bridgehead atoms. The van der Waals surface area contributed by atoms with Crippen LogP contribution in [0, 0.1) is 6.92 Å². The number of carbonyl (C=O) groups excluding carboxylic acids is 1. The Morgan fingerprint density at radius 3 is 2.94 bits per heavy atom. The number of benzene rings is 1. The predicted molar refractivity (Wildman–Crippen MR) is 76.7 cm³/mol. The molecule has 1 aromatic rings. The van der Waals surface area contributed by atoms with Gasteiger partial charge in [-0.15, -0.1) is 0 Å². The van der Waals surface area contributed by atoms with Crippen molar-refractivity contribution in [1.29, 1.82) is 0 Å². The van der Waals surface area contributed by atoms with Crippen molar-refractivity contribution in [3.8, 4) is 0 Å². The van der Waals surface area contributed by atoms with Crippen LogP contribution >= 0.6 is 31.9 Å². The maximum absolute atomic E-state index is 12.4. The fourth-order valence-corrected chi connectivity index (χ4v) is 3.20. The minimum Gasteiger partial charge on any atom is -0.337 e. The Balaban J connectivity index is 2.22. The number of halogens is 2. The summed E-state index contributed by atoms with van der Waals surface area (Å²) in [5.41, 5.74) is 1.87. The lowest BCUT2D eigenvalue weighted by Gasteiger charge is -2.30. The molecule has 2 nitrogen and oxygen atoms in total. The lowest BCUT2D eigenvalue weighted by atomic mass is 10.1. The Kier molecular flexibility index (Phi) is 4.26. The second-order valence-electron chi connectivity index (χ2n) is 4.43. The standard InChI is InChI=1S/C13H15Br2NO/c1-9-4-2-6-11(12(9)15)13(17)16-7-3-5-10(14)8-16/h2,4,6,10H,3,5,7-8H2,1H3. The summed E-state index contributed by atoms with van der Waals surface area (Å²) in [6.45, 7) is 3.67. The second-order valence-corrected chi connectivity index (χ2v) is 6.52. The SMILES string of the molecule is Cc1cccc(C(=O)N2CCCC(Br)C2)c1Br. The van der Waals surface area contributed by atoms with E-state index < -0.39 is 0 Å². The molecule has 1 saturated heterocycles. The zero-order chi connectivity index (χ0) is 12.4. The van der Waals surface area contributed by atoms with Crippen LogP contribution in [0.5, 0.6) is 0 Å². The molecule has 92 valence electrons. The Hall–Kier alpha value is -0.350. The monoisotopic (exact) mass is 359 g/mol. The molecule has 2 rings (SSSR count). The van der Waals surface area contributed by atoms with Crippen LogP contribution in [0.25, 0.3) is 0 Å². The van der Waals surface area contributed by atoms with E-state index in [0.717, 1.165) is 41.5 Å². The molecule has 1 fully saturated rings. The molecule has 17 heavy (non-hydrogen) atoms. The first-order valence-corrected chi connectivity index (χ1v) is 7.49. The van der Waals surface area contributed by atoms with Crippen molar-refractivity contribution in [3.63, 3.8) is 0 Å². The maximum atomic E-state index is 12.4. The molecular formula is C13H15Br2NO. The first-order chi connectivity index (χ1) is 8.09. The van der Waals surface area contributed by atoms with Crippen LogP contribution in [0.15, 0.2) is 22.7 Å². The summed E-state index contributed by atoms with van der Waals surface area (Å²) in [7, 11) is 0. The number of piperidine rings is 1. The van der Waals surface area contributed by atoms with Crippen LogP contribution in [-0.2, 0) is 0 Å². The van der Waals surface area contributed by atoms with Crippen molar-refractivity contribution in [2.75, 3.05) is 13.1 Å². The predicted octanol–water partition coefficient (Wildman–Crippen LogP) is 3.76. The molecular weight excluding hydrogens is 346 g/mol. The van der Waals surface area contributed by atoms with Crippen LogP contribution in [0.3, 0.4) is 0 Å². The van der Waals surface area contributed by atoms with Gasteiger partial charge in [0.25, 0.3) is 5.91 Å². The molecule has 1 aromatic carbocycles. The average Bonchev–Trinajstić information content (AvgIpc) is 2.32. The van der Waals surface area contributed by atoms with Gasteiger partial charge in [0.1, 0.15) is 0 Å². The van der Waals surface area contributed by atoms with E-state index in [1.54, 1.807) is 0 Å². The van der Waals surface area contributed by atoms with Gasteiger partial charge in [0.2, 0.25) is 0 Å². The molecule has 1 heterocycles. The van der Waals surface area contributed by atoms with E-state index in [4.69, 9.17) is 0 Å². The van der Waals surface area contributed by atoms with Gasteiger partial charge in [0.05, 0.1) is 5.56 Å². The van der Waals surface area contributed by atoms with Gasteiger partial charge in [0, 0.05) is 22.4 Å². The minimum absolute atomic E-state index is 0.129. The fraction of sp³-hybridized carbons (Fsp3) is 0.462. The number of alkyl halides is 1. The van der Waals surface area contributed by atoms with Crippen LogP contribution in [0.2, 0.25) is 0 Å². The summed E-state index contributed by atoms with van der Waals surface area (Å²) in [5, 5.41) is 0. The van der Waals surface area contributed by atoms with Gasteiger partial charge < -0.3 is 4.90 Å². The Morgan fingerprint density at radius 2 is 2.24 bits per heavy atom. The van der Waals surface area contributed by atoms with Crippen molar-refractivity contribution < 1.29 is 4.79 Å². The smallest absolute Gasteiger partial charge is 0.255 e. The summed E-state index contributed by atoms with van der Waals surface area (Å²) in [6.07, 6.45) is 2.23. The fourth-order valence-electron chi connectivity index (χ4n) is 2.09. The molecule has 0 N–H and O–H groups in total. The highest BCUT2D eigenvalue weighted by molar-refractivity contribution is 9.10. The number of aryl methyl sites for hydroxylation is 1. The number of amides is 1. The number of nitrogens with zero attached hydrogens (tertiary/aromatic N) is 1. The van der Waals surface area contributed by atoms with E-state index >= 15 is 0 Å². The topological polar surface area (TPSA) is 20.3 Å². The zero-order valence-electron chi connectivity index (χ0n) is 9.75. The molecule has 0 aliphatic carbocycles. The number of rotatable bonds is 1. The average molecular weight is 361 g/mol. The minimum atomic E-state index is 0.129. The molecule has 1 atom stereocenters.